The summed E-state index contributed by atoms with van der Waals surface area (Å²) in [5.74, 6) is 1.29. The van der Waals surface area contributed by atoms with Gasteiger partial charge in [-0.3, -0.25) is 4.79 Å². The molecule has 0 aromatic heterocycles. The molecule has 0 atom stereocenters. The second kappa shape index (κ2) is 7.66. The lowest BCUT2D eigenvalue weighted by atomic mass is 10.2. The molecule has 0 unspecified atom stereocenters. The Morgan fingerprint density at radius 1 is 1.13 bits per heavy atom. The first kappa shape index (κ1) is 16.1. The molecule has 0 bridgehead atoms. The monoisotopic (exact) mass is 319 g/mol. The summed E-state index contributed by atoms with van der Waals surface area (Å²) in [5.41, 5.74) is 0.616. The molecule has 1 amide bonds. The summed E-state index contributed by atoms with van der Waals surface area (Å²) in [5, 5.41) is 2.98. The fraction of sp³-hybridized carbons (Fsp3) is 0.588. The number of ether oxygens (including phenoxy) is 2. The normalized spacial score (nSPS) is 18.1. The van der Waals surface area contributed by atoms with Crippen LogP contribution in [0.2, 0.25) is 0 Å². The highest BCUT2D eigenvalue weighted by molar-refractivity contribution is 5.94. The van der Waals surface area contributed by atoms with Gasteiger partial charge < -0.3 is 24.6 Å². The van der Waals surface area contributed by atoms with Crippen LogP contribution < -0.4 is 14.8 Å². The van der Waals surface area contributed by atoms with Crippen molar-refractivity contribution in [1.82, 2.24) is 15.1 Å². The number of benzene rings is 1. The van der Waals surface area contributed by atoms with E-state index >= 15 is 0 Å². The first-order chi connectivity index (χ1) is 11.3. The number of carbonyl (C=O) groups excluding carboxylic acids is 1. The zero-order valence-electron chi connectivity index (χ0n) is 13.7. The molecular weight excluding hydrogens is 294 g/mol. The molecule has 0 radical (unpaired) electrons. The van der Waals surface area contributed by atoms with E-state index in [9.17, 15) is 4.79 Å². The second-order valence-electron chi connectivity index (χ2n) is 5.95. The van der Waals surface area contributed by atoms with Crippen molar-refractivity contribution in [2.24, 2.45) is 0 Å². The maximum Gasteiger partial charge on any atom is 0.251 e. The van der Waals surface area contributed by atoms with E-state index in [2.05, 4.69) is 22.0 Å². The van der Waals surface area contributed by atoms with Crippen molar-refractivity contribution in [3.63, 3.8) is 0 Å². The zero-order valence-corrected chi connectivity index (χ0v) is 13.7. The number of hydrogen-bond acceptors (Lipinski definition) is 5. The molecule has 1 fully saturated rings. The van der Waals surface area contributed by atoms with Gasteiger partial charge in [0.25, 0.3) is 5.91 Å². The maximum atomic E-state index is 12.1. The molecule has 0 aliphatic carbocycles. The Labute approximate surface area is 137 Å². The molecule has 2 heterocycles. The van der Waals surface area contributed by atoms with E-state index in [-0.39, 0.29) is 12.7 Å². The van der Waals surface area contributed by atoms with Crippen molar-refractivity contribution >= 4 is 5.91 Å². The Balaban J connectivity index is 1.37. The van der Waals surface area contributed by atoms with E-state index in [0.29, 0.717) is 23.6 Å². The van der Waals surface area contributed by atoms with Gasteiger partial charge in [0.15, 0.2) is 11.5 Å². The lowest BCUT2D eigenvalue weighted by Gasteiger charge is -2.33. The highest BCUT2D eigenvalue weighted by Gasteiger charge is 2.17. The molecule has 0 spiro atoms. The van der Waals surface area contributed by atoms with Crippen LogP contribution in [0.3, 0.4) is 0 Å². The highest BCUT2D eigenvalue weighted by atomic mass is 16.7. The average Bonchev–Trinajstić information content (AvgIpc) is 3.06. The molecule has 1 aromatic carbocycles. The Kier molecular flexibility index (Phi) is 5.35. The van der Waals surface area contributed by atoms with Crippen LogP contribution in [-0.4, -0.2) is 68.3 Å². The minimum absolute atomic E-state index is 0.0564. The van der Waals surface area contributed by atoms with Crippen molar-refractivity contribution in [3.05, 3.63) is 23.8 Å². The highest BCUT2D eigenvalue weighted by Crippen LogP contribution is 2.32. The van der Waals surface area contributed by atoms with E-state index in [1.807, 2.05) is 0 Å². The predicted octanol–water partition coefficient (Wildman–Crippen LogP) is 1.17. The summed E-state index contributed by atoms with van der Waals surface area (Å²) in [6.45, 7) is 9.88. The van der Waals surface area contributed by atoms with Crippen molar-refractivity contribution < 1.29 is 14.3 Å². The van der Waals surface area contributed by atoms with E-state index in [0.717, 1.165) is 45.7 Å². The molecular formula is C17H25N3O3. The third-order valence-electron chi connectivity index (χ3n) is 4.48. The number of likely N-dealkylation sites (N-methyl/N-ethyl adjacent to an activating group) is 1. The molecule has 1 saturated heterocycles. The van der Waals surface area contributed by atoms with Crippen LogP contribution in [-0.2, 0) is 0 Å². The van der Waals surface area contributed by atoms with Gasteiger partial charge in [-0.25, -0.2) is 0 Å². The number of piperazine rings is 1. The van der Waals surface area contributed by atoms with Crippen LogP contribution in [0.15, 0.2) is 18.2 Å². The summed E-state index contributed by atoms with van der Waals surface area (Å²) in [6, 6.07) is 5.29. The molecule has 23 heavy (non-hydrogen) atoms. The molecule has 3 rings (SSSR count). The fourth-order valence-corrected chi connectivity index (χ4v) is 2.97. The van der Waals surface area contributed by atoms with Crippen molar-refractivity contribution in [3.8, 4) is 11.5 Å². The molecule has 6 heteroatoms. The van der Waals surface area contributed by atoms with Crippen LogP contribution in [0.1, 0.15) is 23.7 Å². The van der Waals surface area contributed by atoms with Gasteiger partial charge in [-0.1, -0.05) is 6.92 Å². The Morgan fingerprint density at radius 2 is 1.87 bits per heavy atom. The first-order valence-corrected chi connectivity index (χ1v) is 8.39. The minimum Gasteiger partial charge on any atom is -0.454 e. The van der Waals surface area contributed by atoms with Gasteiger partial charge in [0, 0.05) is 38.3 Å². The van der Waals surface area contributed by atoms with Crippen LogP contribution in [0.4, 0.5) is 0 Å². The van der Waals surface area contributed by atoms with Gasteiger partial charge in [-0.15, -0.1) is 0 Å². The van der Waals surface area contributed by atoms with Crippen LogP contribution >= 0.6 is 0 Å². The largest absolute Gasteiger partial charge is 0.454 e. The summed E-state index contributed by atoms with van der Waals surface area (Å²) in [4.78, 5) is 17.1. The van der Waals surface area contributed by atoms with Crippen molar-refractivity contribution in [2.45, 2.75) is 13.3 Å². The van der Waals surface area contributed by atoms with Gasteiger partial charge in [-0.2, -0.15) is 0 Å². The first-order valence-electron chi connectivity index (χ1n) is 8.39. The number of fused-ring (bicyclic) bond motifs is 1. The minimum atomic E-state index is -0.0564. The van der Waals surface area contributed by atoms with Gasteiger partial charge in [0.1, 0.15) is 0 Å². The van der Waals surface area contributed by atoms with Crippen molar-refractivity contribution in [2.75, 3.05) is 52.6 Å². The Bertz CT molecular complexity index is 542. The quantitative estimate of drug-likeness (QED) is 0.798. The Hall–Kier alpha value is -1.79. The summed E-state index contributed by atoms with van der Waals surface area (Å²) >= 11 is 0. The smallest absolute Gasteiger partial charge is 0.251 e. The predicted molar refractivity (Wildman–Crippen MR) is 88.1 cm³/mol. The second-order valence-corrected chi connectivity index (χ2v) is 5.95. The zero-order chi connectivity index (χ0) is 16.1. The number of amides is 1. The topological polar surface area (TPSA) is 54.0 Å². The van der Waals surface area contributed by atoms with E-state index < -0.39 is 0 Å². The number of hydrogen-bond donors (Lipinski definition) is 1. The lowest BCUT2D eigenvalue weighted by Crippen LogP contribution is -2.46. The number of nitrogens with one attached hydrogen (secondary N) is 1. The third kappa shape index (κ3) is 4.14. The summed E-state index contributed by atoms with van der Waals surface area (Å²) < 4.78 is 10.6. The number of carbonyl (C=O) groups is 1. The van der Waals surface area contributed by atoms with Gasteiger partial charge in [0.05, 0.1) is 0 Å². The average molecular weight is 319 g/mol. The molecule has 1 N–H and O–H groups in total. The van der Waals surface area contributed by atoms with Crippen molar-refractivity contribution in [1.29, 1.82) is 0 Å². The fourth-order valence-electron chi connectivity index (χ4n) is 2.97. The molecule has 126 valence electrons. The number of rotatable bonds is 6. The van der Waals surface area contributed by atoms with Gasteiger partial charge in [-0.05, 0) is 37.7 Å². The van der Waals surface area contributed by atoms with Crippen LogP contribution in [0.25, 0.3) is 0 Å². The summed E-state index contributed by atoms with van der Waals surface area (Å²) in [7, 11) is 0. The van der Waals surface area contributed by atoms with Gasteiger partial charge >= 0.3 is 0 Å². The maximum absolute atomic E-state index is 12.1. The molecule has 2 aliphatic heterocycles. The van der Waals surface area contributed by atoms with Crippen LogP contribution in [0, 0.1) is 0 Å². The molecule has 6 nitrogen and oxygen atoms in total. The van der Waals surface area contributed by atoms with E-state index in [1.165, 1.54) is 0 Å². The Morgan fingerprint density at radius 3 is 2.65 bits per heavy atom. The number of nitrogens with zero attached hydrogens (tertiary/aromatic N) is 2. The molecule has 2 aliphatic rings. The third-order valence-corrected chi connectivity index (χ3v) is 4.48. The van der Waals surface area contributed by atoms with Gasteiger partial charge in [0.2, 0.25) is 6.79 Å². The standard InChI is InChI=1S/C17H25N3O3/c1-2-19-8-10-20(11-9-19)7-3-6-18-17(21)14-4-5-15-16(12-14)23-13-22-15/h4-5,12H,2-3,6-11,13H2,1H3,(H,18,21). The molecule has 0 saturated carbocycles. The SMILES string of the molecule is CCN1CCN(CCCNC(=O)c2ccc3c(c2)OCO3)CC1. The molecule has 1 aromatic rings. The van der Waals surface area contributed by atoms with E-state index in [4.69, 9.17) is 9.47 Å². The van der Waals surface area contributed by atoms with Crippen LogP contribution in [0.5, 0.6) is 11.5 Å². The summed E-state index contributed by atoms with van der Waals surface area (Å²) in [6.07, 6.45) is 0.975. The van der Waals surface area contributed by atoms with E-state index in [1.54, 1.807) is 18.2 Å². The lowest BCUT2D eigenvalue weighted by molar-refractivity contribution is 0.0948.